The second-order valence-electron chi connectivity index (χ2n) is 5.82. The molecule has 0 radical (unpaired) electrons. The first-order valence-electron chi connectivity index (χ1n) is 7.52. The van der Waals surface area contributed by atoms with E-state index in [0.29, 0.717) is 5.92 Å². The van der Waals surface area contributed by atoms with Gasteiger partial charge in [-0.15, -0.1) is 0 Å². The molecule has 3 heteroatoms. The average Bonchev–Trinajstić information content (AvgIpc) is 3.04. The highest BCUT2D eigenvalue weighted by Crippen LogP contribution is 2.41. The zero-order chi connectivity index (χ0) is 13.8. The van der Waals surface area contributed by atoms with E-state index in [0.717, 1.165) is 11.4 Å². The van der Waals surface area contributed by atoms with Gasteiger partial charge in [-0.25, -0.2) is 4.98 Å². The van der Waals surface area contributed by atoms with Crippen molar-refractivity contribution in [3.63, 3.8) is 0 Å². The van der Waals surface area contributed by atoms with Crippen LogP contribution < -0.4 is 4.74 Å². The van der Waals surface area contributed by atoms with Gasteiger partial charge in [0.15, 0.2) is 5.60 Å². The van der Waals surface area contributed by atoms with Crippen molar-refractivity contribution in [2.75, 3.05) is 0 Å². The third-order valence-corrected chi connectivity index (χ3v) is 4.49. The molecule has 0 saturated heterocycles. The topological polar surface area (TPSA) is 37.9 Å². The van der Waals surface area contributed by atoms with E-state index in [-0.39, 0.29) is 5.60 Å². The maximum Gasteiger partial charge on any atom is 0.150 e. The van der Waals surface area contributed by atoms with Crippen molar-refractivity contribution in [3.05, 3.63) is 48.5 Å². The van der Waals surface area contributed by atoms with E-state index >= 15 is 0 Å². The highest BCUT2D eigenvalue weighted by atomic mass is 16.5. The number of ether oxygens (including phenoxy) is 1. The lowest BCUT2D eigenvalue weighted by Gasteiger charge is -2.39. The van der Waals surface area contributed by atoms with Crippen molar-refractivity contribution in [3.8, 4) is 5.75 Å². The second kappa shape index (κ2) is 5.70. The van der Waals surface area contributed by atoms with E-state index in [9.17, 15) is 0 Å². The average molecular weight is 270 g/mol. The van der Waals surface area contributed by atoms with Gasteiger partial charge in [0.05, 0.1) is 18.2 Å². The quantitative estimate of drug-likeness (QED) is 0.900. The Bertz CT molecular complexity index is 517. The van der Waals surface area contributed by atoms with Gasteiger partial charge in [-0.2, -0.15) is 0 Å². The Hall–Kier alpha value is -1.77. The molecule has 0 spiro atoms. The number of benzene rings is 1. The molecule has 1 aliphatic rings. The fourth-order valence-electron chi connectivity index (χ4n) is 3.27. The molecule has 1 heterocycles. The van der Waals surface area contributed by atoms with Crippen molar-refractivity contribution in [2.24, 2.45) is 5.92 Å². The van der Waals surface area contributed by atoms with Crippen LogP contribution in [0.3, 0.4) is 0 Å². The molecule has 0 aliphatic heterocycles. The number of nitrogens with zero attached hydrogens (tertiary/aromatic N) is 1. The number of hydrogen-bond acceptors (Lipinski definition) is 2. The molecule has 106 valence electrons. The molecular formula is C17H22N2O. The zero-order valence-corrected chi connectivity index (χ0v) is 12.0. The van der Waals surface area contributed by atoms with E-state index in [2.05, 4.69) is 16.9 Å². The number of nitrogens with one attached hydrogen (secondary N) is 1. The molecule has 2 aromatic rings. The van der Waals surface area contributed by atoms with E-state index < -0.39 is 0 Å². The SMILES string of the molecule is CC(Oc1ccccc1)(c1cnc[nH]1)C1CCCCC1. The van der Waals surface area contributed by atoms with Gasteiger partial charge in [0.2, 0.25) is 0 Å². The number of aromatic amines is 1. The third-order valence-electron chi connectivity index (χ3n) is 4.49. The van der Waals surface area contributed by atoms with E-state index in [1.807, 2.05) is 36.5 Å². The lowest BCUT2D eigenvalue weighted by Crippen LogP contribution is -2.39. The van der Waals surface area contributed by atoms with Gasteiger partial charge in [-0.1, -0.05) is 37.5 Å². The van der Waals surface area contributed by atoms with Crippen molar-refractivity contribution >= 4 is 0 Å². The van der Waals surface area contributed by atoms with E-state index in [4.69, 9.17) is 4.74 Å². The minimum atomic E-state index is -0.321. The summed E-state index contributed by atoms with van der Waals surface area (Å²) in [7, 11) is 0. The molecule has 1 unspecified atom stereocenters. The first kappa shape index (κ1) is 13.2. The second-order valence-corrected chi connectivity index (χ2v) is 5.82. The molecule has 3 nitrogen and oxygen atoms in total. The number of H-pyrrole nitrogens is 1. The van der Waals surface area contributed by atoms with Crippen LogP contribution in [0, 0.1) is 5.92 Å². The first-order valence-corrected chi connectivity index (χ1v) is 7.52. The van der Waals surface area contributed by atoms with Crippen LogP contribution in [0.25, 0.3) is 0 Å². The normalized spacial score (nSPS) is 19.4. The van der Waals surface area contributed by atoms with Crippen LogP contribution in [0.5, 0.6) is 5.75 Å². The summed E-state index contributed by atoms with van der Waals surface area (Å²) in [5.41, 5.74) is 0.756. The minimum Gasteiger partial charge on any atom is -0.481 e. The minimum absolute atomic E-state index is 0.321. The molecule has 1 saturated carbocycles. The molecule has 1 N–H and O–H groups in total. The highest BCUT2D eigenvalue weighted by Gasteiger charge is 2.40. The van der Waals surface area contributed by atoms with Crippen LogP contribution in [0.15, 0.2) is 42.9 Å². The molecule has 1 aromatic carbocycles. The number of hydrogen-bond donors (Lipinski definition) is 1. The third kappa shape index (κ3) is 2.58. The fourth-order valence-corrected chi connectivity index (χ4v) is 3.27. The van der Waals surface area contributed by atoms with Gasteiger partial charge in [0.1, 0.15) is 5.75 Å². The summed E-state index contributed by atoms with van der Waals surface area (Å²) in [4.78, 5) is 7.45. The molecule has 1 fully saturated rings. The van der Waals surface area contributed by atoms with Crippen molar-refractivity contribution in [1.82, 2.24) is 9.97 Å². The predicted octanol–water partition coefficient (Wildman–Crippen LogP) is 4.28. The fraction of sp³-hybridized carbons (Fsp3) is 0.471. The van der Waals surface area contributed by atoms with Crippen LogP contribution >= 0.6 is 0 Å². The standard InChI is InChI=1S/C17H22N2O/c1-17(16-12-18-13-19-16,14-8-4-2-5-9-14)20-15-10-6-3-7-11-15/h3,6-7,10-14H,2,4-5,8-9H2,1H3,(H,18,19). The van der Waals surface area contributed by atoms with E-state index in [1.165, 1.54) is 32.1 Å². The summed E-state index contributed by atoms with van der Waals surface area (Å²) < 4.78 is 6.41. The number of aromatic nitrogens is 2. The zero-order valence-electron chi connectivity index (χ0n) is 12.0. The van der Waals surface area contributed by atoms with Crippen molar-refractivity contribution in [1.29, 1.82) is 0 Å². The summed E-state index contributed by atoms with van der Waals surface area (Å²) in [5, 5.41) is 0. The largest absolute Gasteiger partial charge is 0.481 e. The number of para-hydroxylation sites is 1. The summed E-state index contributed by atoms with van der Waals surface area (Å²) in [6, 6.07) is 10.1. The Kier molecular flexibility index (Phi) is 3.77. The van der Waals surface area contributed by atoms with Crippen molar-refractivity contribution < 1.29 is 4.74 Å². The Morgan fingerprint density at radius 2 is 1.90 bits per heavy atom. The highest BCUT2D eigenvalue weighted by molar-refractivity contribution is 5.24. The summed E-state index contributed by atoms with van der Waals surface area (Å²) in [6.07, 6.45) is 10.0. The van der Waals surface area contributed by atoms with Crippen LogP contribution in [-0.2, 0) is 5.60 Å². The molecule has 1 aliphatic carbocycles. The molecule has 0 bridgehead atoms. The first-order chi connectivity index (χ1) is 9.79. The summed E-state index contributed by atoms with van der Waals surface area (Å²) in [5.74, 6) is 1.46. The Morgan fingerprint density at radius 1 is 1.15 bits per heavy atom. The molecule has 1 aromatic heterocycles. The number of rotatable bonds is 4. The van der Waals surface area contributed by atoms with Crippen LogP contribution in [-0.4, -0.2) is 9.97 Å². The van der Waals surface area contributed by atoms with Crippen LogP contribution in [0.4, 0.5) is 0 Å². The monoisotopic (exact) mass is 270 g/mol. The van der Waals surface area contributed by atoms with Crippen LogP contribution in [0.2, 0.25) is 0 Å². The number of imidazole rings is 1. The van der Waals surface area contributed by atoms with Gasteiger partial charge >= 0.3 is 0 Å². The maximum absolute atomic E-state index is 6.41. The summed E-state index contributed by atoms with van der Waals surface area (Å²) >= 11 is 0. The van der Waals surface area contributed by atoms with E-state index in [1.54, 1.807) is 6.33 Å². The molecule has 20 heavy (non-hydrogen) atoms. The smallest absolute Gasteiger partial charge is 0.150 e. The molecule has 0 amide bonds. The maximum atomic E-state index is 6.41. The summed E-state index contributed by atoms with van der Waals surface area (Å²) in [6.45, 7) is 2.20. The Morgan fingerprint density at radius 3 is 2.55 bits per heavy atom. The van der Waals surface area contributed by atoms with Gasteiger partial charge in [0, 0.05) is 5.92 Å². The van der Waals surface area contributed by atoms with Crippen molar-refractivity contribution in [2.45, 2.75) is 44.6 Å². The van der Waals surface area contributed by atoms with Crippen LogP contribution in [0.1, 0.15) is 44.7 Å². The molecule has 1 atom stereocenters. The molecule has 3 rings (SSSR count). The lowest BCUT2D eigenvalue weighted by molar-refractivity contribution is 0.000308. The molecular weight excluding hydrogens is 248 g/mol. The predicted molar refractivity (Wildman–Crippen MR) is 79.6 cm³/mol. The van der Waals surface area contributed by atoms with Gasteiger partial charge in [-0.05, 0) is 31.9 Å². The Labute approximate surface area is 120 Å². The van der Waals surface area contributed by atoms with Gasteiger partial charge < -0.3 is 9.72 Å². The lowest BCUT2D eigenvalue weighted by atomic mass is 9.76. The van der Waals surface area contributed by atoms with Gasteiger partial charge in [0.25, 0.3) is 0 Å². The van der Waals surface area contributed by atoms with Gasteiger partial charge in [-0.3, -0.25) is 0 Å². The Balaban J connectivity index is 1.90.